The Hall–Kier alpha value is -4.16. The number of carbonyl (C=O) groups is 1. The van der Waals surface area contributed by atoms with E-state index < -0.39 is 0 Å². The molecule has 4 heterocycles. The Morgan fingerprint density at radius 3 is 2.26 bits per heavy atom. The van der Waals surface area contributed by atoms with E-state index in [0.29, 0.717) is 26.3 Å². The van der Waals surface area contributed by atoms with Crippen LogP contribution in [0, 0.1) is 0 Å². The van der Waals surface area contributed by atoms with Crippen molar-refractivity contribution in [1.29, 1.82) is 0 Å². The van der Waals surface area contributed by atoms with E-state index in [4.69, 9.17) is 14.2 Å². The summed E-state index contributed by atoms with van der Waals surface area (Å²) in [5.41, 5.74) is 3.18. The summed E-state index contributed by atoms with van der Waals surface area (Å²) in [6.07, 6.45) is 5.27. The Bertz CT molecular complexity index is 1330. The Morgan fingerprint density at radius 1 is 0.976 bits per heavy atom. The maximum Gasteiger partial charge on any atom is 0.253 e. The maximum atomic E-state index is 12.7. The number of nitrogens with zero attached hydrogens (tertiary/aromatic N) is 8. The molecule has 6 rings (SSSR count). The zero-order chi connectivity index (χ0) is 28.9. The summed E-state index contributed by atoms with van der Waals surface area (Å²) >= 11 is 0. The minimum Gasteiger partial charge on any atom is -0.491 e. The minimum absolute atomic E-state index is 0.0389. The summed E-state index contributed by atoms with van der Waals surface area (Å²) in [7, 11) is 0. The normalized spacial score (nSPS) is 21.7. The van der Waals surface area contributed by atoms with Crippen LogP contribution in [-0.2, 0) is 20.8 Å². The van der Waals surface area contributed by atoms with Crippen LogP contribution in [-0.4, -0.2) is 96.4 Å². The fourth-order valence-corrected chi connectivity index (χ4v) is 5.29. The molecule has 0 spiro atoms. The van der Waals surface area contributed by atoms with Gasteiger partial charge in [0.25, 0.3) is 5.91 Å². The molecule has 0 N–H and O–H groups in total. The lowest BCUT2D eigenvalue weighted by molar-refractivity contribution is -0.119. The van der Waals surface area contributed by atoms with Gasteiger partial charge in [-0.05, 0) is 61.9 Å². The molecule has 3 aromatic rings. The Labute approximate surface area is 246 Å². The molecule has 222 valence electrons. The van der Waals surface area contributed by atoms with Crippen LogP contribution >= 0.6 is 0 Å². The lowest BCUT2D eigenvalue weighted by Gasteiger charge is -2.37. The van der Waals surface area contributed by atoms with Crippen molar-refractivity contribution in [1.82, 2.24) is 19.8 Å². The van der Waals surface area contributed by atoms with Gasteiger partial charge < -0.3 is 24.0 Å². The predicted molar refractivity (Wildman–Crippen MR) is 160 cm³/mol. The van der Waals surface area contributed by atoms with E-state index in [1.165, 1.54) is 12.0 Å². The fourth-order valence-electron chi connectivity index (χ4n) is 5.29. The first kappa shape index (κ1) is 28.0. The Balaban J connectivity index is 0.952. The molecule has 0 aliphatic carbocycles. The average Bonchev–Trinajstić information content (AvgIpc) is 3.72. The number of amides is 1. The SMILES string of the molecule is CCC(C)N1CC(=O)N(c2ccc(N3CCN(c4ccc(OC[C@H]5CO[C@@H](Cn6cncn6)O5)cc4)CC3)cc2)C=N1. The molecule has 0 saturated carbocycles. The summed E-state index contributed by atoms with van der Waals surface area (Å²) in [5, 5.41) is 10.4. The molecule has 3 atom stereocenters. The fraction of sp³-hybridized carbons (Fsp3) is 0.467. The van der Waals surface area contributed by atoms with Crippen LogP contribution in [0.25, 0.3) is 0 Å². The highest BCUT2D eigenvalue weighted by molar-refractivity contribution is 6.10. The van der Waals surface area contributed by atoms with Crippen molar-refractivity contribution in [3.05, 3.63) is 61.2 Å². The van der Waals surface area contributed by atoms with Gasteiger partial charge in [-0.15, -0.1) is 0 Å². The Kier molecular flexibility index (Phi) is 8.52. The lowest BCUT2D eigenvalue weighted by Crippen LogP contribution is -2.46. The number of hydrazone groups is 1. The molecule has 2 fully saturated rings. The molecule has 0 bridgehead atoms. The van der Waals surface area contributed by atoms with Gasteiger partial charge in [-0.2, -0.15) is 10.2 Å². The van der Waals surface area contributed by atoms with Gasteiger partial charge in [-0.25, -0.2) is 9.67 Å². The number of anilines is 3. The lowest BCUT2D eigenvalue weighted by atomic mass is 10.2. The van der Waals surface area contributed by atoms with Crippen molar-refractivity contribution in [3.63, 3.8) is 0 Å². The number of carbonyl (C=O) groups excluding carboxylic acids is 1. The molecule has 12 nitrogen and oxygen atoms in total. The van der Waals surface area contributed by atoms with Crippen molar-refractivity contribution in [2.45, 2.75) is 45.2 Å². The Morgan fingerprint density at radius 2 is 1.64 bits per heavy atom. The number of ether oxygens (including phenoxy) is 3. The molecule has 42 heavy (non-hydrogen) atoms. The van der Waals surface area contributed by atoms with E-state index in [1.807, 2.05) is 29.3 Å². The molecule has 0 radical (unpaired) electrons. The first-order chi connectivity index (χ1) is 20.6. The van der Waals surface area contributed by atoms with Gasteiger partial charge in [0.1, 0.15) is 44.0 Å². The molecule has 12 heteroatoms. The number of aromatic nitrogens is 3. The predicted octanol–water partition coefficient (Wildman–Crippen LogP) is 2.82. The van der Waals surface area contributed by atoms with E-state index in [2.05, 4.69) is 63.1 Å². The van der Waals surface area contributed by atoms with Crippen LogP contribution in [0.2, 0.25) is 0 Å². The second kappa shape index (κ2) is 12.8. The molecule has 2 aromatic carbocycles. The molecular formula is C30H38N8O4. The van der Waals surface area contributed by atoms with E-state index in [0.717, 1.165) is 49.7 Å². The number of rotatable bonds is 10. The van der Waals surface area contributed by atoms with Gasteiger partial charge in [-0.3, -0.25) is 14.7 Å². The molecule has 1 amide bonds. The first-order valence-corrected chi connectivity index (χ1v) is 14.6. The van der Waals surface area contributed by atoms with Crippen molar-refractivity contribution < 1.29 is 19.0 Å². The van der Waals surface area contributed by atoms with Crippen LogP contribution in [0.1, 0.15) is 20.3 Å². The van der Waals surface area contributed by atoms with Gasteiger partial charge >= 0.3 is 0 Å². The third kappa shape index (κ3) is 6.50. The standard InChI is InChI=1S/C30H38N8O4/c1-3-23(2)38-16-29(39)37(22-33-38)26-6-4-24(5-7-26)34-12-14-35(15-13-34)25-8-10-27(11-9-25)40-18-28-19-41-30(42-28)17-36-21-31-20-32-36/h4-11,20-23,28,30H,3,12-19H2,1-2H3/t23?,28-,30+/m0/s1. The smallest absolute Gasteiger partial charge is 0.253 e. The zero-order valence-corrected chi connectivity index (χ0v) is 24.2. The summed E-state index contributed by atoms with van der Waals surface area (Å²) in [4.78, 5) is 23.1. The third-order valence-corrected chi connectivity index (χ3v) is 8.01. The van der Waals surface area contributed by atoms with Crippen LogP contribution in [0.5, 0.6) is 5.75 Å². The largest absolute Gasteiger partial charge is 0.491 e. The number of hydrogen-bond acceptors (Lipinski definition) is 10. The minimum atomic E-state index is -0.339. The summed E-state index contributed by atoms with van der Waals surface area (Å²) in [5.74, 6) is 0.850. The highest BCUT2D eigenvalue weighted by Crippen LogP contribution is 2.26. The molecular weight excluding hydrogens is 536 g/mol. The third-order valence-electron chi connectivity index (χ3n) is 8.01. The number of benzene rings is 2. The van der Waals surface area contributed by atoms with E-state index in [9.17, 15) is 4.79 Å². The van der Waals surface area contributed by atoms with Gasteiger partial charge in [0.2, 0.25) is 0 Å². The monoisotopic (exact) mass is 574 g/mol. The van der Waals surface area contributed by atoms with E-state index in [1.54, 1.807) is 22.2 Å². The van der Waals surface area contributed by atoms with Crippen molar-refractivity contribution in [2.75, 3.05) is 60.6 Å². The molecule has 3 aliphatic heterocycles. The van der Waals surface area contributed by atoms with Crippen LogP contribution in [0.4, 0.5) is 17.1 Å². The van der Waals surface area contributed by atoms with Gasteiger partial charge in [0, 0.05) is 43.6 Å². The van der Waals surface area contributed by atoms with Crippen molar-refractivity contribution >= 4 is 29.3 Å². The maximum absolute atomic E-state index is 12.7. The summed E-state index contributed by atoms with van der Waals surface area (Å²) in [6, 6.07) is 16.7. The van der Waals surface area contributed by atoms with Crippen LogP contribution in [0.3, 0.4) is 0 Å². The molecule has 1 unspecified atom stereocenters. The number of hydrogen-bond donors (Lipinski definition) is 0. The highest BCUT2D eigenvalue weighted by Gasteiger charge is 2.27. The van der Waals surface area contributed by atoms with Crippen LogP contribution in [0.15, 0.2) is 66.3 Å². The highest BCUT2D eigenvalue weighted by atomic mass is 16.7. The summed E-state index contributed by atoms with van der Waals surface area (Å²) in [6.45, 7) is 9.60. The second-order valence-corrected chi connectivity index (χ2v) is 10.8. The first-order valence-electron chi connectivity index (χ1n) is 14.6. The second-order valence-electron chi connectivity index (χ2n) is 10.8. The summed E-state index contributed by atoms with van der Waals surface area (Å²) < 4.78 is 19.3. The molecule has 3 aliphatic rings. The van der Waals surface area contributed by atoms with Crippen molar-refractivity contribution in [3.8, 4) is 5.75 Å². The molecule has 2 saturated heterocycles. The van der Waals surface area contributed by atoms with Gasteiger partial charge in [0.15, 0.2) is 6.29 Å². The van der Waals surface area contributed by atoms with E-state index in [-0.39, 0.29) is 24.3 Å². The van der Waals surface area contributed by atoms with Crippen LogP contribution < -0.4 is 19.4 Å². The molecule has 1 aromatic heterocycles. The van der Waals surface area contributed by atoms with E-state index >= 15 is 0 Å². The van der Waals surface area contributed by atoms with Gasteiger partial charge in [-0.1, -0.05) is 6.92 Å². The topological polar surface area (TPSA) is 101 Å². The van der Waals surface area contributed by atoms with Gasteiger partial charge in [0.05, 0.1) is 18.8 Å². The quantitative estimate of drug-likeness (QED) is 0.362. The number of piperazine rings is 1. The van der Waals surface area contributed by atoms with Crippen molar-refractivity contribution in [2.24, 2.45) is 5.10 Å². The average molecular weight is 575 g/mol. The zero-order valence-electron chi connectivity index (χ0n) is 24.2.